The molecule has 0 saturated heterocycles. The van der Waals surface area contributed by atoms with E-state index in [0.29, 0.717) is 28.2 Å². The van der Waals surface area contributed by atoms with Crippen molar-refractivity contribution in [1.29, 1.82) is 0 Å². The number of para-hydroxylation sites is 3. The number of fused-ring (bicyclic) bond motifs is 1. The van der Waals surface area contributed by atoms with Crippen LogP contribution in [0.15, 0.2) is 48.5 Å². The molecule has 0 amide bonds. The maximum absolute atomic E-state index is 13.4. The molecule has 0 aliphatic rings. The van der Waals surface area contributed by atoms with Gasteiger partial charge in [-0.25, -0.2) is 4.57 Å². The van der Waals surface area contributed by atoms with E-state index in [1.165, 1.54) is 7.11 Å². The van der Waals surface area contributed by atoms with Gasteiger partial charge in [-0.15, -0.1) is 17.0 Å². The molecule has 3 rings (SSSR count). The molecule has 1 heterocycles. The van der Waals surface area contributed by atoms with Crippen LogP contribution in [0.3, 0.4) is 0 Å². The van der Waals surface area contributed by atoms with Crippen LogP contribution in [0.1, 0.15) is 22.7 Å². The van der Waals surface area contributed by atoms with E-state index >= 15 is 0 Å². The van der Waals surface area contributed by atoms with Crippen LogP contribution in [-0.2, 0) is 6.54 Å². The van der Waals surface area contributed by atoms with E-state index in [0.717, 1.165) is 4.57 Å². The second kappa shape index (κ2) is 7.74. The van der Waals surface area contributed by atoms with Crippen molar-refractivity contribution in [3.8, 4) is 5.75 Å². The van der Waals surface area contributed by atoms with Crippen LogP contribution < -0.4 is 9.30 Å². The standard InChI is InChI=1S/C18H17F2N2O2.BrH/c1-12-21(11-16(23)13-7-3-6-10-17(13)24-2)14-8-4-5-9-15(14)22(12)18(19)20;/h3-10,18H,11H2,1-2H3;1H/q+1;. The summed E-state index contributed by atoms with van der Waals surface area (Å²) in [6.07, 6.45) is 0. The van der Waals surface area contributed by atoms with Gasteiger partial charge in [-0.2, -0.15) is 13.3 Å². The average Bonchev–Trinajstić information content (AvgIpc) is 2.87. The van der Waals surface area contributed by atoms with Gasteiger partial charge < -0.3 is 4.74 Å². The van der Waals surface area contributed by atoms with Crippen LogP contribution in [0.25, 0.3) is 11.0 Å². The minimum absolute atomic E-state index is 0. The van der Waals surface area contributed by atoms with Gasteiger partial charge >= 0.3 is 6.55 Å². The highest BCUT2D eigenvalue weighted by molar-refractivity contribution is 8.93. The number of methoxy groups -OCH3 is 1. The third-order valence-corrected chi connectivity index (χ3v) is 4.08. The molecular formula is C18H18BrF2N2O2+. The summed E-state index contributed by atoms with van der Waals surface area (Å²) in [5, 5.41) is 0. The second-order valence-corrected chi connectivity index (χ2v) is 5.39. The predicted octanol–water partition coefficient (Wildman–Crippen LogP) is 4.10. The molecule has 0 radical (unpaired) electrons. The van der Waals surface area contributed by atoms with Crippen molar-refractivity contribution in [1.82, 2.24) is 4.57 Å². The SMILES string of the molecule is Br.COc1ccccc1C(=O)C[n+]1c(C)n(C(F)F)c2ccccc21. The van der Waals surface area contributed by atoms with E-state index in [4.69, 9.17) is 4.74 Å². The van der Waals surface area contributed by atoms with Gasteiger partial charge in [0.2, 0.25) is 5.78 Å². The van der Waals surface area contributed by atoms with Crippen molar-refractivity contribution in [3.63, 3.8) is 0 Å². The zero-order chi connectivity index (χ0) is 17.3. The molecule has 0 aliphatic carbocycles. The van der Waals surface area contributed by atoms with Crippen LogP contribution >= 0.6 is 17.0 Å². The first-order chi connectivity index (χ1) is 11.5. The Morgan fingerprint density at radius 3 is 2.48 bits per heavy atom. The fraction of sp³-hybridized carbons (Fsp3) is 0.222. The molecule has 0 aliphatic heterocycles. The summed E-state index contributed by atoms with van der Waals surface area (Å²) < 4.78 is 34.5. The predicted molar refractivity (Wildman–Crippen MR) is 95.8 cm³/mol. The third-order valence-electron chi connectivity index (χ3n) is 4.08. The number of halogens is 3. The summed E-state index contributed by atoms with van der Waals surface area (Å²) in [6.45, 7) is -1.12. The zero-order valence-electron chi connectivity index (χ0n) is 13.8. The van der Waals surface area contributed by atoms with E-state index in [-0.39, 0.29) is 29.3 Å². The van der Waals surface area contributed by atoms with Crippen molar-refractivity contribution in [2.75, 3.05) is 7.11 Å². The van der Waals surface area contributed by atoms with Crippen LogP contribution in [0.2, 0.25) is 0 Å². The van der Waals surface area contributed by atoms with Crippen LogP contribution in [0.4, 0.5) is 8.78 Å². The highest BCUT2D eigenvalue weighted by Gasteiger charge is 2.28. The lowest BCUT2D eigenvalue weighted by Gasteiger charge is -2.06. The number of alkyl halides is 2. The first-order valence-corrected chi connectivity index (χ1v) is 7.48. The highest BCUT2D eigenvalue weighted by atomic mass is 79.9. The second-order valence-electron chi connectivity index (χ2n) is 5.39. The normalized spacial score (nSPS) is 10.8. The molecule has 132 valence electrons. The zero-order valence-corrected chi connectivity index (χ0v) is 15.5. The van der Waals surface area contributed by atoms with E-state index in [9.17, 15) is 13.6 Å². The maximum atomic E-state index is 13.4. The Kier molecular flexibility index (Phi) is 5.89. The number of hydrogen-bond acceptors (Lipinski definition) is 2. The summed E-state index contributed by atoms with van der Waals surface area (Å²) >= 11 is 0. The third kappa shape index (κ3) is 3.42. The van der Waals surface area contributed by atoms with Gasteiger partial charge in [0.1, 0.15) is 5.75 Å². The monoisotopic (exact) mass is 411 g/mol. The van der Waals surface area contributed by atoms with Crippen molar-refractivity contribution in [3.05, 3.63) is 59.9 Å². The topological polar surface area (TPSA) is 35.1 Å². The summed E-state index contributed by atoms with van der Waals surface area (Å²) in [5.74, 6) is 0.602. The van der Waals surface area contributed by atoms with E-state index in [1.54, 1.807) is 60.0 Å². The Morgan fingerprint density at radius 1 is 1.16 bits per heavy atom. The minimum Gasteiger partial charge on any atom is -0.496 e. The molecule has 7 heteroatoms. The maximum Gasteiger partial charge on any atom is 0.387 e. The number of ether oxygens (including phenoxy) is 1. The number of nitrogens with zero attached hydrogens (tertiary/aromatic N) is 2. The molecular weight excluding hydrogens is 394 g/mol. The molecule has 0 fully saturated rings. The van der Waals surface area contributed by atoms with Crippen molar-refractivity contribution >= 4 is 33.8 Å². The van der Waals surface area contributed by atoms with E-state index in [2.05, 4.69) is 0 Å². The lowest BCUT2D eigenvalue weighted by molar-refractivity contribution is -0.664. The van der Waals surface area contributed by atoms with Gasteiger partial charge in [-0.3, -0.25) is 4.79 Å². The fourth-order valence-corrected chi connectivity index (χ4v) is 2.92. The Balaban J connectivity index is 0.00000225. The van der Waals surface area contributed by atoms with Gasteiger partial charge in [-0.05, 0) is 24.3 Å². The lowest BCUT2D eigenvalue weighted by Crippen LogP contribution is -2.40. The van der Waals surface area contributed by atoms with Crippen LogP contribution in [0.5, 0.6) is 5.75 Å². The number of benzene rings is 2. The first-order valence-electron chi connectivity index (χ1n) is 7.48. The molecule has 0 atom stereocenters. The van der Waals surface area contributed by atoms with Crippen molar-refractivity contribution in [2.45, 2.75) is 20.0 Å². The van der Waals surface area contributed by atoms with Gasteiger partial charge in [0, 0.05) is 6.92 Å². The lowest BCUT2D eigenvalue weighted by atomic mass is 10.1. The first kappa shape index (κ1) is 19.1. The Morgan fingerprint density at radius 2 is 1.80 bits per heavy atom. The number of Topliss-reactive ketones (excluding diaryl/α,β-unsaturated/α-hetero) is 1. The Hall–Kier alpha value is -2.28. The number of imidazole rings is 1. The summed E-state index contributed by atoms with van der Waals surface area (Å²) in [6, 6.07) is 13.7. The molecule has 4 nitrogen and oxygen atoms in total. The summed E-state index contributed by atoms with van der Waals surface area (Å²) in [4.78, 5) is 12.7. The van der Waals surface area contributed by atoms with Gasteiger partial charge in [0.15, 0.2) is 17.6 Å². The highest BCUT2D eigenvalue weighted by Crippen LogP contribution is 2.22. The minimum atomic E-state index is -2.67. The number of ketones is 1. The van der Waals surface area contributed by atoms with E-state index < -0.39 is 6.55 Å². The Labute approximate surface area is 154 Å². The molecule has 0 spiro atoms. The van der Waals surface area contributed by atoms with Crippen LogP contribution in [0, 0.1) is 6.92 Å². The number of rotatable bonds is 5. The Bertz CT molecular complexity index is 909. The van der Waals surface area contributed by atoms with E-state index in [1.807, 2.05) is 0 Å². The van der Waals surface area contributed by atoms with Gasteiger partial charge in [0.05, 0.1) is 12.7 Å². The number of carbonyl (C=O) groups excluding carboxylic acids is 1. The molecule has 1 aromatic heterocycles. The molecule has 25 heavy (non-hydrogen) atoms. The smallest absolute Gasteiger partial charge is 0.387 e. The number of carbonyl (C=O) groups is 1. The molecule has 0 unspecified atom stereocenters. The molecule has 3 aromatic rings. The summed E-state index contributed by atoms with van der Waals surface area (Å²) in [5.41, 5.74) is 1.43. The van der Waals surface area contributed by atoms with Crippen molar-refractivity contribution < 1.29 is 22.9 Å². The summed E-state index contributed by atoms with van der Waals surface area (Å²) in [7, 11) is 1.49. The number of aromatic nitrogens is 2. The largest absolute Gasteiger partial charge is 0.496 e. The average molecular weight is 412 g/mol. The molecule has 2 aromatic carbocycles. The van der Waals surface area contributed by atoms with Gasteiger partial charge in [-0.1, -0.05) is 24.3 Å². The van der Waals surface area contributed by atoms with Crippen LogP contribution in [-0.4, -0.2) is 17.5 Å². The number of hydrogen-bond donors (Lipinski definition) is 0. The van der Waals surface area contributed by atoms with Gasteiger partial charge in [0.25, 0.3) is 5.82 Å². The molecule has 0 bridgehead atoms. The van der Waals surface area contributed by atoms with Crippen molar-refractivity contribution in [2.24, 2.45) is 0 Å². The fourth-order valence-electron chi connectivity index (χ4n) is 2.92. The molecule has 0 saturated carbocycles. The quantitative estimate of drug-likeness (QED) is 0.467. The molecule has 0 N–H and O–H groups in total.